The number of aliphatic carboxylic acids is 1. The molecule has 0 fully saturated rings. The molecular weight excluding hydrogens is 368 g/mol. The van der Waals surface area contributed by atoms with Gasteiger partial charge in [0.2, 0.25) is 0 Å². The Kier molecular flexibility index (Phi) is 5.49. The quantitative estimate of drug-likeness (QED) is 0.771. The van der Waals surface area contributed by atoms with Gasteiger partial charge in [-0.25, -0.2) is 4.79 Å². The van der Waals surface area contributed by atoms with Crippen LogP contribution in [0.2, 0.25) is 0 Å². The Hall–Kier alpha value is -0.720. The lowest BCUT2D eigenvalue weighted by Crippen LogP contribution is -2.12. The Morgan fingerprint density at radius 2 is 2.00 bits per heavy atom. The number of rotatable bonds is 5. The average Bonchev–Trinajstić information content (AvgIpc) is 2.35. The molecule has 0 aliphatic heterocycles. The number of hydrogen-bond acceptors (Lipinski definition) is 3. The SMILES string of the molecule is CC(=O)C(Br)c1cc(C(O)C(=O)O)ccc1CBr. The van der Waals surface area contributed by atoms with Crippen molar-refractivity contribution in [3.8, 4) is 0 Å². The first-order valence-electron chi connectivity index (χ1n) is 5.12. The van der Waals surface area contributed by atoms with E-state index in [1.165, 1.54) is 13.0 Å². The van der Waals surface area contributed by atoms with Crippen LogP contribution >= 0.6 is 31.9 Å². The normalized spacial score (nSPS) is 14.0. The van der Waals surface area contributed by atoms with Crippen LogP contribution in [0.1, 0.15) is 34.5 Å². The minimum atomic E-state index is -1.58. The van der Waals surface area contributed by atoms with Crippen molar-refractivity contribution < 1.29 is 19.8 Å². The summed E-state index contributed by atoms with van der Waals surface area (Å²) in [5.74, 6) is -1.40. The van der Waals surface area contributed by atoms with E-state index in [1.54, 1.807) is 12.1 Å². The van der Waals surface area contributed by atoms with Crippen LogP contribution in [0.15, 0.2) is 18.2 Å². The minimum Gasteiger partial charge on any atom is -0.479 e. The molecule has 2 N–H and O–H groups in total. The van der Waals surface area contributed by atoms with E-state index in [0.29, 0.717) is 10.9 Å². The van der Waals surface area contributed by atoms with Gasteiger partial charge in [0.25, 0.3) is 0 Å². The molecule has 18 heavy (non-hydrogen) atoms. The summed E-state index contributed by atoms with van der Waals surface area (Å²) in [7, 11) is 0. The van der Waals surface area contributed by atoms with E-state index in [-0.39, 0.29) is 11.3 Å². The number of aliphatic hydroxyl groups excluding tert-OH is 1. The number of carbonyl (C=O) groups is 2. The number of alkyl halides is 2. The standard InChI is InChI=1S/C12H12Br2O4/c1-6(15)10(14)9-4-7(11(16)12(17)18)2-3-8(9)5-13/h2-4,10-11,16H,5H2,1H3,(H,17,18). The number of aliphatic hydroxyl groups is 1. The molecule has 2 atom stereocenters. The van der Waals surface area contributed by atoms with Gasteiger partial charge in [-0.2, -0.15) is 0 Å². The van der Waals surface area contributed by atoms with Crippen molar-refractivity contribution in [2.75, 3.05) is 0 Å². The number of carboxylic acids is 1. The molecule has 0 saturated heterocycles. The van der Waals surface area contributed by atoms with Gasteiger partial charge in [-0.3, -0.25) is 4.79 Å². The minimum absolute atomic E-state index is 0.0841. The molecule has 0 aliphatic carbocycles. The molecule has 0 aromatic heterocycles. The predicted molar refractivity (Wildman–Crippen MR) is 74.0 cm³/mol. The van der Waals surface area contributed by atoms with Crippen LogP contribution in [0.5, 0.6) is 0 Å². The number of halogens is 2. The van der Waals surface area contributed by atoms with Crippen LogP contribution in [0.3, 0.4) is 0 Å². The fraction of sp³-hybridized carbons (Fsp3) is 0.333. The fourth-order valence-corrected chi connectivity index (χ4v) is 2.44. The van der Waals surface area contributed by atoms with E-state index in [2.05, 4.69) is 31.9 Å². The highest BCUT2D eigenvalue weighted by Gasteiger charge is 2.21. The molecule has 0 amide bonds. The van der Waals surface area contributed by atoms with Crippen molar-refractivity contribution in [3.05, 3.63) is 34.9 Å². The van der Waals surface area contributed by atoms with Crippen LogP contribution in [-0.2, 0) is 14.9 Å². The Bertz CT molecular complexity index is 473. The lowest BCUT2D eigenvalue weighted by Gasteiger charge is -2.14. The van der Waals surface area contributed by atoms with E-state index < -0.39 is 16.9 Å². The maximum atomic E-state index is 11.4. The van der Waals surface area contributed by atoms with Gasteiger partial charge in [0.05, 0.1) is 4.83 Å². The first-order chi connectivity index (χ1) is 8.38. The highest BCUT2D eigenvalue weighted by Crippen LogP contribution is 2.30. The number of benzene rings is 1. The molecule has 1 rings (SSSR count). The predicted octanol–water partition coefficient (Wildman–Crippen LogP) is 2.72. The van der Waals surface area contributed by atoms with Crippen LogP contribution < -0.4 is 0 Å². The largest absolute Gasteiger partial charge is 0.479 e. The zero-order chi connectivity index (χ0) is 13.9. The van der Waals surface area contributed by atoms with Crippen LogP contribution in [0.4, 0.5) is 0 Å². The molecule has 0 radical (unpaired) electrons. The second kappa shape index (κ2) is 6.45. The van der Waals surface area contributed by atoms with Crippen LogP contribution in [0.25, 0.3) is 0 Å². The first kappa shape index (κ1) is 15.3. The highest BCUT2D eigenvalue weighted by atomic mass is 79.9. The maximum absolute atomic E-state index is 11.4. The van der Waals surface area contributed by atoms with Crippen molar-refractivity contribution in [2.45, 2.75) is 23.2 Å². The zero-order valence-electron chi connectivity index (χ0n) is 9.56. The average molecular weight is 380 g/mol. The third-order valence-corrected chi connectivity index (χ3v) is 4.24. The molecule has 0 saturated carbocycles. The number of carboxylic acid groups (broad SMARTS) is 1. The van der Waals surface area contributed by atoms with Gasteiger partial charge in [0, 0.05) is 5.33 Å². The van der Waals surface area contributed by atoms with Crippen molar-refractivity contribution in [1.82, 2.24) is 0 Å². The Morgan fingerprint density at radius 1 is 1.39 bits per heavy atom. The van der Waals surface area contributed by atoms with Crippen molar-refractivity contribution in [1.29, 1.82) is 0 Å². The summed E-state index contributed by atoms with van der Waals surface area (Å²) in [6.07, 6.45) is -1.58. The maximum Gasteiger partial charge on any atom is 0.337 e. The summed E-state index contributed by atoms with van der Waals surface area (Å²) in [6.45, 7) is 1.44. The molecule has 1 aromatic rings. The Labute approximate surface area is 121 Å². The third-order valence-electron chi connectivity index (χ3n) is 2.49. The van der Waals surface area contributed by atoms with E-state index in [9.17, 15) is 14.7 Å². The van der Waals surface area contributed by atoms with Crippen molar-refractivity contribution in [2.24, 2.45) is 0 Å². The van der Waals surface area contributed by atoms with E-state index in [4.69, 9.17) is 5.11 Å². The van der Waals surface area contributed by atoms with Gasteiger partial charge in [0.15, 0.2) is 6.10 Å². The highest BCUT2D eigenvalue weighted by molar-refractivity contribution is 9.09. The molecule has 6 heteroatoms. The first-order valence-corrected chi connectivity index (χ1v) is 7.16. The molecule has 0 heterocycles. The number of hydrogen-bond donors (Lipinski definition) is 2. The van der Waals surface area contributed by atoms with Gasteiger partial charge >= 0.3 is 5.97 Å². The topological polar surface area (TPSA) is 74.6 Å². The van der Waals surface area contributed by atoms with Gasteiger partial charge in [-0.1, -0.05) is 50.1 Å². The van der Waals surface area contributed by atoms with Gasteiger partial charge in [0.1, 0.15) is 5.78 Å². The smallest absolute Gasteiger partial charge is 0.337 e. The second-order valence-corrected chi connectivity index (χ2v) is 5.28. The molecule has 2 unspecified atom stereocenters. The lowest BCUT2D eigenvalue weighted by atomic mass is 9.98. The molecule has 4 nitrogen and oxygen atoms in total. The molecular formula is C12H12Br2O4. The summed E-state index contributed by atoms with van der Waals surface area (Å²) in [4.78, 5) is 21.6. The third kappa shape index (κ3) is 3.40. The molecule has 0 bridgehead atoms. The van der Waals surface area contributed by atoms with Crippen LogP contribution in [0, 0.1) is 0 Å². The molecule has 0 spiro atoms. The second-order valence-electron chi connectivity index (χ2n) is 3.81. The summed E-state index contributed by atoms with van der Waals surface area (Å²) < 4.78 is 0. The van der Waals surface area contributed by atoms with E-state index in [1.807, 2.05) is 0 Å². The summed E-state index contributed by atoms with van der Waals surface area (Å²) in [6, 6.07) is 4.78. The monoisotopic (exact) mass is 378 g/mol. The van der Waals surface area contributed by atoms with Gasteiger partial charge in [-0.05, 0) is 23.6 Å². The zero-order valence-corrected chi connectivity index (χ0v) is 12.7. The molecule has 0 aliphatic rings. The summed E-state index contributed by atoms with van der Waals surface area (Å²) in [5.41, 5.74) is 1.79. The van der Waals surface area contributed by atoms with Crippen molar-refractivity contribution in [3.63, 3.8) is 0 Å². The molecule has 1 aromatic carbocycles. The number of carbonyl (C=O) groups excluding carboxylic acids is 1. The Morgan fingerprint density at radius 3 is 2.44 bits per heavy atom. The van der Waals surface area contributed by atoms with E-state index >= 15 is 0 Å². The summed E-state index contributed by atoms with van der Waals surface area (Å²) in [5, 5.41) is 18.8. The van der Waals surface area contributed by atoms with Crippen molar-refractivity contribution >= 4 is 43.6 Å². The number of Topliss-reactive ketones (excluding diaryl/α,β-unsaturated/α-hetero) is 1. The molecule has 98 valence electrons. The number of ketones is 1. The van der Waals surface area contributed by atoms with Gasteiger partial charge in [-0.15, -0.1) is 0 Å². The fourth-order valence-electron chi connectivity index (χ4n) is 1.50. The van der Waals surface area contributed by atoms with Crippen LogP contribution in [-0.4, -0.2) is 22.0 Å². The van der Waals surface area contributed by atoms with Gasteiger partial charge < -0.3 is 10.2 Å². The van der Waals surface area contributed by atoms with E-state index in [0.717, 1.165) is 5.56 Å². The lowest BCUT2D eigenvalue weighted by molar-refractivity contribution is -0.146. The Balaban J connectivity index is 3.25. The summed E-state index contributed by atoms with van der Waals surface area (Å²) >= 11 is 6.57.